The average Bonchev–Trinajstić information content (AvgIpc) is 3.07. The summed E-state index contributed by atoms with van der Waals surface area (Å²) in [4.78, 5) is 39.4. The van der Waals surface area contributed by atoms with Crippen LogP contribution in [0.5, 0.6) is 0 Å². The molecule has 0 fully saturated rings. The number of nitrogens with one attached hydrogen (secondary N) is 1. The van der Waals surface area contributed by atoms with E-state index in [0.717, 1.165) is 0 Å². The smallest absolute Gasteiger partial charge is 0.294 e. The van der Waals surface area contributed by atoms with Gasteiger partial charge in [-0.05, 0) is 31.0 Å². The number of nitriles is 1. The Bertz CT molecular complexity index is 1390. The van der Waals surface area contributed by atoms with Crippen LogP contribution >= 0.6 is 11.6 Å². The molecule has 1 amide bonds. The molecule has 0 bridgehead atoms. The first-order chi connectivity index (χ1) is 15.8. The van der Waals surface area contributed by atoms with Crippen LogP contribution < -0.4 is 16.0 Å². The highest BCUT2D eigenvalue weighted by Gasteiger charge is 2.60. The number of amides is 1. The van der Waals surface area contributed by atoms with Gasteiger partial charge in [-0.3, -0.25) is 24.6 Å². The molecule has 10 heteroatoms. The topological polar surface area (TPSA) is 142 Å². The van der Waals surface area contributed by atoms with Gasteiger partial charge in [0.2, 0.25) is 5.91 Å². The predicted octanol–water partition coefficient (Wildman–Crippen LogP) is 3.66. The van der Waals surface area contributed by atoms with Crippen LogP contribution in [0.25, 0.3) is 0 Å². The Kier molecular flexibility index (Phi) is 4.51. The number of rotatable bonds is 2. The number of para-hydroxylation sites is 1. The van der Waals surface area contributed by atoms with Crippen molar-refractivity contribution in [1.29, 1.82) is 5.26 Å². The molecule has 164 valence electrons. The predicted molar refractivity (Wildman–Crippen MR) is 120 cm³/mol. The number of benzene rings is 2. The van der Waals surface area contributed by atoms with Crippen LogP contribution in [0.15, 0.2) is 65.1 Å². The summed E-state index contributed by atoms with van der Waals surface area (Å²) < 4.78 is 0. The molecule has 3 N–H and O–H groups in total. The first-order valence-corrected chi connectivity index (χ1v) is 10.5. The lowest BCUT2D eigenvalue weighted by molar-refractivity contribution is -0.384. The first kappa shape index (κ1) is 20.7. The first-order valence-electron chi connectivity index (χ1n) is 10.1. The maximum atomic E-state index is 13.5. The van der Waals surface area contributed by atoms with E-state index in [1.54, 1.807) is 24.3 Å². The van der Waals surface area contributed by atoms with E-state index in [2.05, 4.69) is 5.32 Å². The maximum Gasteiger partial charge on any atom is 0.294 e. The van der Waals surface area contributed by atoms with Gasteiger partial charge < -0.3 is 11.1 Å². The molecule has 5 rings (SSSR count). The number of halogens is 1. The number of anilines is 2. The Morgan fingerprint density at radius 3 is 2.70 bits per heavy atom. The summed E-state index contributed by atoms with van der Waals surface area (Å²) in [5.74, 6) is -0.982. The van der Waals surface area contributed by atoms with Crippen molar-refractivity contribution in [2.45, 2.75) is 24.7 Å². The van der Waals surface area contributed by atoms with Gasteiger partial charge in [0.05, 0.1) is 10.5 Å². The van der Waals surface area contributed by atoms with Gasteiger partial charge >= 0.3 is 0 Å². The monoisotopic (exact) mass is 461 g/mol. The standard InChI is InChI=1S/C23H16ClN5O4/c24-12-8-9-16(18(10-12)29(32)33)28-17-6-3-7-19(30)20(17)23(14(11-25)21(28)26)13-4-1-2-5-15(13)27-22(23)31/h1-2,4-5,8-10H,3,6-7,26H2,(H,27,31). The molecular formula is C23H16ClN5O4. The highest BCUT2D eigenvalue weighted by molar-refractivity contribution is 6.31. The minimum absolute atomic E-state index is 0.0680. The maximum absolute atomic E-state index is 13.5. The van der Waals surface area contributed by atoms with Crippen molar-refractivity contribution in [2.24, 2.45) is 5.73 Å². The fourth-order valence-electron chi connectivity index (χ4n) is 5.05. The quantitative estimate of drug-likeness (QED) is 0.513. The van der Waals surface area contributed by atoms with Gasteiger partial charge in [-0.25, -0.2) is 0 Å². The van der Waals surface area contributed by atoms with E-state index in [9.17, 15) is 25.0 Å². The molecule has 9 nitrogen and oxygen atoms in total. The minimum Gasteiger partial charge on any atom is -0.384 e. The van der Waals surface area contributed by atoms with Gasteiger partial charge in [-0.1, -0.05) is 29.8 Å². The summed E-state index contributed by atoms with van der Waals surface area (Å²) in [7, 11) is 0. The number of hydrogen-bond donors (Lipinski definition) is 2. The van der Waals surface area contributed by atoms with Crippen molar-refractivity contribution in [3.05, 3.63) is 85.8 Å². The van der Waals surface area contributed by atoms with Gasteiger partial charge in [0.15, 0.2) is 5.78 Å². The highest BCUT2D eigenvalue weighted by atomic mass is 35.5. The number of Topliss-reactive ketones (excluding diaryl/α,β-unsaturated/α-hetero) is 1. The Morgan fingerprint density at radius 2 is 1.97 bits per heavy atom. The summed E-state index contributed by atoms with van der Waals surface area (Å²) in [6.07, 6.45) is 1.01. The Balaban J connectivity index is 1.90. The van der Waals surface area contributed by atoms with Gasteiger partial charge in [0, 0.05) is 40.0 Å². The van der Waals surface area contributed by atoms with Crippen molar-refractivity contribution in [3.8, 4) is 6.07 Å². The molecule has 33 heavy (non-hydrogen) atoms. The fraction of sp³-hybridized carbons (Fsp3) is 0.174. The lowest BCUT2D eigenvalue weighted by Gasteiger charge is -2.43. The number of nitro groups is 1. The Hall–Kier alpha value is -4.16. The van der Waals surface area contributed by atoms with Crippen molar-refractivity contribution >= 4 is 40.4 Å². The van der Waals surface area contributed by atoms with E-state index in [0.29, 0.717) is 29.8 Å². The normalized spacial score (nSPS) is 21.6. The molecule has 1 atom stereocenters. The van der Waals surface area contributed by atoms with E-state index < -0.39 is 16.2 Å². The summed E-state index contributed by atoms with van der Waals surface area (Å²) in [6, 6.07) is 12.9. The summed E-state index contributed by atoms with van der Waals surface area (Å²) >= 11 is 5.99. The van der Waals surface area contributed by atoms with E-state index in [1.165, 1.54) is 23.1 Å². The van der Waals surface area contributed by atoms with Crippen LogP contribution in [0.4, 0.5) is 17.1 Å². The number of allylic oxidation sites excluding steroid dienone is 1. The van der Waals surface area contributed by atoms with Crippen LogP contribution in [0.1, 0.15) is 24.8 Å². The van der Waals surface area contributed by atoms with Gasteiger partial charge in [-0.15, -0.1) is 0 Å². The van der Waals surface area contributed by atoms with Crippen LogP contribution in [0.2, 0.25) is 5.02 Å². The number of ketones is 1. The molecule has 1 spiro atoms. The molecule has 1 aliphatic carbocycles. The molecule has 0 saturated heterocycles. The molecular weight excluding hydrogens is 446 g/mol. The molecule has 2 heterocycles. The van der Waals surface area contributed by atoms with E-state index in [-0.39, 0.29) is 45.6 Å². The van der Waals surface area contributed by atoms with Crippen molar-refractivity contribution in [3.63, 3.8) is 0 Å². The summed E-state index contributed by atoms with van der Waals surface area (Å²) in [5, 5.41) is 25.0. The van der Waals surface area contributed by atoms with Crippen molar-refractivity contribution in [2.75, 3.05) is 10.2 Å². The molecule has 0 saturated carbocycles. The Labute approximate surface area is 192 Å². The van der Waals surface area contributed by atoms with E-state index >= 15 is 0 Å². The number of nitro benzene ring substituents is 1. The van der Waals surface area contributed by atoms with Crippen LogP contribution in [0.3, 0.4) is 0 Å². The molecule has 0 aromatic heterocycles. The van der Waals surface area contributed by atoms with Gasteiger partial charge in [0.25, 0.3) is 5.69 Å². The van der Waals surface area contributed by atoms with Crippen LogP contribution in [0, 0.1) is 21.4 Å². The zero-order chi connectivity index (χ0) is 23.5. The molecule has 2 aliphatic heterocycles. The Morgan fingerprint density at radius 1 is 1.21 bits per heavy atom. The van der Waals surface area contributed by atoms with E-state index in [1.807, 2.05) is 6.07 Å². The fourth-order valence-corrected chi connectivity index (χ4v) is 5.22. The molecule has 2 aromatic carbocycles. The highest BCUT2D eigenvalue weighted by Crippen LogP contribution is 2.55. The van der Waals surface area contributed by atoms with Crippen LogP contribution in [-0.4, -0.2) is 16.6 Å². The third kappa shape index (κ3) is 2.64. The van der Waals surface area contributed by atoms with E-state index in [4.69, 9.17) is 17.3 Å². The lowest BCUT2D eigenvalue weighted by atomic mass is 9.64. The SMILES string of the molecule is N#CC1=C(N)N(c2ccc(Cl)cc2[N+](=O)[O-])C2=C(C(=O)CCC2)C12C(=O)Nc1ccccc12. The second-order valence-corrected chi connectivity index (χ2v) is 8.38. The minimum atomic E-state index is -1.71. The number of hydrogen-bond acceptors (Lipinski definition) is 7. The number of carbonyl (C=O) groups is 2. The second kappa shape index (κ2) is 7.18. The van der Waals surface area contributed by atoms with Crippen LogP contribution in [-0.2, 0) is 15.0 Å². The van der Waals surface area contributed by atoms with Crippen molar-refractivity contribution in [1.82, 2.24) is 0 Å². The number of nitrogens with zero attached hydrogens (tertiary/aromatic N) is 3. The number of fused-ring (bicyclic) bond motifs is 3. The molecule has 0 radical (unpaired) electrons. The second-order valence-electron chi connectivity index (χ2n) is 7.95. The largest absolute Gasteiger partial charge is 0.384 e. The zero-order valence-electron chi connectivity index (χ0n) is 17.1. The van der Waals surface area contributed by atoms with Crippen molar-refractivity contribution < 1.29 is 14.5 Å². The zero-order valence-corrected chi connectivity index (χ0v) is 17.8. The van der Waals surface area contributed by atoms with Gasteiger partial charge in [-0.2, -0.15) is 5.26 Å². The molecule has 3 aliphatic rings. The number of carbonyl (C=O) groups excluding carboxylic acids is 2. The average molecular weight is 462 g/mol. The summed E-state index contributed by atoms with van der Waals surface area (Å²) in [6.45, 7) is 0. The molecule has 1 unspecified atom stereocenters. The molecule has 2 aromatic rings. The number of nitrogens with two attached hydrogens (primary N) is 1. The third-order valence-electron chi connectivity index (χ3n) is 6.31. The lowest BCUT2D eigenvalue weighted by Crippen LogP contribution is -2.50. The summed E-state index contributed by atoms with van der Waals surface area (Å²) in [5.41, 5.74) is 5.83. The third-order valence-corrected chi connectivity index (χ3v) is 6.54. The van der Waals surface area contributed by atoms with Gasteiger partial charge in [0.1, 0.15) is 23.0 Å².